The molecule has 2 nitrogen and oxygen atoms in total. The van der Waals surface area contributed by atoms with E-state index in [2.05, 4.69) is 12.2 Å². The number of hydrogen-bond acceptors (Lipinski definition) is 1. The Labute approximate surface area is 126 Å². The summed E-state index contributed by atoms with van der Waals surface area (Å²) in [6.07, 6.45) is 6.48. The zero-order valence-corrected chi connectivity index (χ0v) is 13.2. The van der Waals surface area contributed by atoms with E-state index >= 15 is 0 Å². The lowest BCUT2D eigenvalue weighted by atomic mass is 9.84. The fraction of sp³-hybridized carbons (Fsp3) is 0.588. The average molecular weight is 294 g/mol. The number of benzene rings is 1. The summed E-state index contributed by atoms with van der Waals surface area (Å²) < 4.78 is 0. The highest BCUT2D eigenvalue weighted by molar-refractivity contribution is 6.30. The first-order valence-corrected chi connectivity index (χ1v) is 8.00. The van der Waals surface area contributed by atoms with Crippen LogP contribution in [-0.2, 0) is 11.2 Å². The molecule has 0 aliphatic heterocycles. The molecule has 1 fully saturated rings. The van der Waals surface area contributed by atoms with E-state index in [0.717, 1.165) is 34.9 Å². The summed E-state index contributed by atoms with van der Waals surface area (Å²) in [5, 5.41) is 3.91. The van der Waals surface area contributed by atoms with Crippen LogP contribution in [0.15, 0.2) is 18.2 Å². The van der Waals surface area contributed by atoms with E-state index in [-0.39, 0.29) is 5.91 Å². The van der Waals surface area contributed by atoms with Gasteiger partial charge in [-0.3, -0.25) is 4.79 Å². The lowest BCUT2D eigenvalue weighted by Crippen LogP contribution is -2.38. The lowest BCUT2D eigenvalue weighted by Gasteiger charge is -2.28. The number of aryl methyl sites for hydroxylation is 1. The van der Waals surface area contributed by atoms with Gasteiger partial charge in [0.2, 0.25) is 5.91 Å². The number of carbonyl (C=O) groups is 1. The minimum Gasteiger partial charge on any atom is -0.353 e. The van der Waals surface area contributed by atoms with E-state index in [1.165, 1.54) is 19.3 Å². The number of rotatable bonds is 4. The first-order valence-electron chi connectivity index (χ1n) is 7.63. The van der Waals surface area contributed by atoms with Crippen molar-refractivity contribution in [1.82, 2.24) is 5.32 Å². The summed E-state index contributed by atoms with van der Waals surface area (Å²) in [4.78, 5) is 12.1. The molecule has 1 aliphatic rings. The molecule has 1 aromatic rings. The van der Waals surface area contributed by atoms with Gasteiger partial charge in [0.25, 0.3) is 0 Å². The van der Waals surface area contributed by atoms with Crippen LogP contribution >= 0.6 is 11.6 Å². The first kappa shape index (κ1) is 15.4. The third kappa shape index (κ3) is 4.24. The van der Waals surface area contributed by atoms with Crippen LogP contribution in [0, 0.1) is 12.8 Å². The monoisotopic (exact) mass is 293 g/mol. The molecule has 0 heterocycles. The average Bonchev–Trinajstić information content (AvgIpc) is 2.43. The molecule has 0 aromatic heterocycles. The minimum absolute atomic E-state index is 0.135. The maximum absolute atomic E-state index is 12.1. The fourth-order valence-corrected chi connectivity index (χ4v) is 3.25. The van der Waals surface area contributed by atoms with Gasteiger partial charge in [-0.1, -0.05) is 31.0 Å². The topological polar surface area (TPSA) is 29.1 Å². The SMILES string of the molecule is CCC1CCC(NC(=O)Cc2ccc(Cl)cc2C)CC1. The Kier molecular flexibility index (Phi) is 5.47. The summed E-state index contributed by atoms with van der Waals surface area (Å²) in [5.41, 5.74) is 2.15. The molecule has 0 spiro atoms. The van der Waals surface area contributed by atoms with Crippen molar-refractivity contribution in [3.63, 3.8) is 0 Å². The van der Waals surface area contributed by atoms with Crippen LogP contribution < -0.4 is 5.32 Å². The highest BCUT2D eigenvalue weighted by atomic mass is 35.5. The number of halogens is 1. The van der Waals surface area contributed by atoms with Gasteiger partial charge in [0.15, 0.2) is 0 Å². The summed E-state index contributed by atoms with van der Waals surface area (Å²) in [6, 6.07) is 6.09. The Morgan fingerprint density at radius 2 is 2.00 bits per heavy atom. The maximum Gasteiger partial charge on any atom is 0.224 e. The molecule has 20 heavy (non-hydrogen) atoms. The van der Waals surface area contributed by atoms with Gasteiger partial charge in [-0.2, -0.15) is 0 Å². The van der Waals surface area contributed by atoms with Gasteiger partial charge in [-0.05, 0) is 61.8 Å². The van der Waals surface area contributed by atoms with E-state index in [0.29, 0.717) is 12.5 Å². The zero-order valence-electron chi connectivity index (χ0n) is 12.4. The predicted molar refractivity (Wildman–Crippen MR) is 84.1 cm³/mol. The molecule has 0 radical (unpaired) electrons. The normalized spacial score (nSPS) is 22.6. The van der Waals surface area contributed by atoms with E-state index in [9.17, 15) is 4.79 Å². The number of amides is 1. The van der Waals surface area contributed by atoms with Crippen molar-refractivity contribution in [2.45, 2.75) is 58.4 Å². The summed E-state index contributed by atoms with van der Waals surface area (Å²) >= 11 is 5.94. The fourth-order valence-electron chi connectivity index (χ4n) is 3.02. The quantitative estimate of drug-likeness (QED) is 0.882. The van der Waals surface area contributed by atoms with E-state index in [1.54, 1.807) is 0 Å². The van der Waals surface area contributed by atoms with Crippen molar-refractivity contribution in [2.24, 2.45) is 5.92 Å². The molecule has 1 N–H and O–H groups in total. The van der Waals surface area contributed by atoms with Gasteiger partial charge in [0.05, 0.1) is 6.42 Å². The Hall–Kier alpha value is -1.02. The van der Waals surface area contributed by atoms with Crippen molar-refractivity contribution in [3.8, 4) is 0 Å². The van der Waals surface area contributed by atoms with Gasteiger partial charge >= 0.3 is 0 Å². The van der Waals surface area contributed by atoms with E-state index in [4.69, 9.17) is 11.6 Å². The van der Waals surface area contributed by atoms with Crippen LogP contribution in [0.1, 0.15) is 50.2 Å². The Balaban J connectivity index is 1.84. The molecule has 0 saturated heterocycles. The van der Waals surface area contributed by atoms with Gasteiger partial charge in [0.1, 0.15) is 0 Å². The second kappa shape index (κ2) is 7.12. The Morgan fingerprint density at radius 1 is 1.30 bits per heavy atom. The summed E-state index contributed by atoms with van der Waals surface area (Å²) in [5.74, 6) is 0.997. The summed E-state index contributed by atoms with van der Waals surface area (Å²) in [7, 11) is 0. The second-order valence-electron chi connectivity index (χ2n) is 5.94. The van der Waals surface area contributed by atoms with Crippen molar-refractivity contribution in [3.05, 3.63) is 34.3 Å². The van der Waals surface area contributed by atoms with Gasteiger partial charge < -0.3 is 5.32 Å². The molecule has 2 rings (SSSR count). The molecular formula is C17H24ClNO. The smallest absolute Gasteiger partial charge is 0.224 e. The van der Waals surface area contributed by atoms with Crippen LogP contribution in [0.5, 0.6) is 0 Å². The van der Waals surface area contributed by atoms with Crippen molar-refractivity contribution in [1.29, 1.82) is 0 Å². The molecule has 0 unspecified atom stereocenters. The highest BCUT2D eigenvalue weighted by Crippen LogP contribution is 2.26. The van der Waals surface area contributed by atoms with Crippen molar-refractivity contribution in [2.75, 3.05) is 0 Å². The van der Waals surface area contributed by atoms with Crippen LogP contribution in [0.25, 0.3) is 0 Å². The van der Waals surface area contributed by atoms with Crippen LogP contribution in [0.3, 0.4) is 0 Å². The standard InChI is InChI=1S/C17H24ClNO/c1-3-13-4-8-16(9-5-13)19-17(20)11-14-6-7-15(18)10-12(14)2/h6-7,10,13,16H,3-5,8-9,11H2,1-2H3,(H,19,20). The number of hydrogen-bond donors (Lipinski definition) is 1. The maximum atomic E-state index is 12.1. The van der Waals surface area contributed by atoms with Crippen LogP contribution in [0.2, 0.25) is 5.02 Å². The molecule has 0 bridgehead atoms. The molecule has 110 valence electrons. The van der Waals surface area contributed by atoms with Gasteiger partial charge in [-0.15, -0.1) is 0 Å². The van der Waals surface area contributed by atoms with Gasteiger partial charge in [-0.25, -0.2) is 0 Å². The Morgan fingerprint density at radius 3 is 2.60 bits per heavy atom. The summed E-state index contributed by atoms with van der Waals surface area (Å²) in [6.45, 7) is 4.26. The molecular weight excluding hydrogens is 270 g/mol. The molecule has 1 aliphatic carbocycles. The largest absolute Gasteiger partial charge is 0.353 e. The molecule has 1 aromatic carbocycles. The predicted octanol–water partition coefficient (Wildman–Crippen LogP) is 4.28. The molecule has 1 saturated carbocycles. The van der Waals surface area contributed by atoms with E-state index < -0.39 is 0 Å². The van der Waals surface area contributed by atoms with E-state index in [1.807, 2.05) is 25.1 Å². The second-order valence-corrected chi connectivity index (χ2v) is 6.38. The number of nitrogens with one attached hydrogen (secondary N) is 1. The minimum atomic E-state index is 0.135. The third-order valence-electron chi connectivity index (χ3n) is 4.44. The van der Waals surface area contributed by atoms with Crippen LogP contribution in [-0.4, -0.2) is 11.9 Å². The lowest BCUT2D eigenvalue weighted by molar-refractivity contribution is -0.121. The van der Waals surface area contributed by atoms with Gasteiger partial charge in [0, 0.05) is 11.1 Å². The number of carbonyl (C=O) groups excluding carboxylic acids is 1. The molecule has 1 amide bonds. The molecule has 3 heteroatoms. The molecule has 0 atom stereocenters. The van der Waals surface area contributed by atoms with Crippen LogP contribution in [0.4, 0.5) is 0 Å². The first-order chi connectivity index (χ1) is 9.58. The zero-order chi connectivity index (χ0) is 14.5. The highest BCUT2D eigenvalue weighted by Gasteiger charge is 2.21. The third-order valence-corrected chi connectivity index (χ3v) is 4.68. The van der Waals surface area contributed by atoms with Crippen molar-refractivity contribution < 1.29 is 4.79 Å². The van der Waals surface area contributed by atoms with Crippen molar-refractivity contribution >= 4 is 17.5 Å². The Bertz CT molecular complexity index is 464.